The summed E-state index contributed by atoms with van der Waals surface area (Å²) < 4.78 is 37.7. The fourth-order valence-corrected chi connectivity index (χ4v) is 2.18. The van der Waals surface area contributed by atoms with E-state index in [9.17, 15) is 18.0 Å². The van der Waals surface area contributed by atoms with Gasteiger partial charge in [0.15, 0.2) is 0 Å². The number of alkyl halides is 4. The van der Waals surface area contributed by atoms with E-state index in [2.05, 4.69) is 15.9 Å². The Labute approximate surface area is 125 Å². The van der Waals surface area contributed by atoms with Crippen molar-refractivity contribution in [3.63, 3.8) is 0 Å². The SMILES string of the molecule is O=C(CCCCBr)N(Cc1ccccc1)CC(F)(F)F. The largest absolute Gasteiger partial charge is 0.406 e. The van der Waals surface area contributed by atoms with Gasteiger partial charge in [-0.2, -0.15) is 13.2 Å². The van der Waals surface area contributed by atoms with Crippen LogP contribution in [0.5, 0.6) is 0 Å². The molecule has 0 spiro atoms. The second kappa shape index (κ2) is 8.29. The molecule has 0 heterocycles. The van der Waals surface area contributed by atoms with Gasteiger partial charge in [0.25, 0.3) is 0 Å². The Kier molecular flexibility index (Phi) is 7.05. The molecule has 0 N–H and O–H groups in total. The number of rotatable bonds is 7. The lowest BCUT2D eigenvalue weighted by Gasteiger charge is -2.24. The first kappa shape index (κ1) is 17.0. The van der Waals surface area contributed by atoms with Crippen LogP contribution in [0.25, 0.3) is 0 Å². The maximum Gasteiger partial charge on any atom is 0.406 e. The summed E-state index contributed by atoms with van der Waals surface area (Å²) in [6.07, 6.45) is -2.86. The summed E-state index contributed by atoms with van der Waals surface area (Å²) >= 11 is 3.23. The lowest BCUT2D eigenvalue weighted by atomic mass is 10.2. The second-order valence-corrected chi connectivity index (χ2v) is 5.29. The first-order valence-corrected chi connectivity index (χ1v) is 7.49. The van der Waals surface area contributed by atoms with Crippen molar-refractivity contribution in [3.8, 4) is 0 Å². The van der Waals surface area contributed by atoms with Gasteiger partial charge < -0.3 is 4.90 Å². The number of carbonyl (C=O) groups is 1. The van der Waals surface area contributed by atoms with Crippen molar-refractivity contribution in [2.75, 3.05) is 11.9 Å². The minimum Gasteiger partial charge on any atom is -0.329 e. The van der Waals surface area contributed by atoms with Crippen LogP contribution in [0.2, 0.25) is 0 Å². The smallest absolute Gasteiger partial charge is 0.329 e. The van der Waals surface area contributed by atoms with E-state index in [1.54, 1.807) is 30.3 Å². The summed E-state index contributed by atoms with van der Waals surface area (Å²) in [6, 6.07) is 8.71. The Morgan fingerprint density at radius 3 is 2.35 bits per heavy atom. The second-order valence-electron chi connectivity index (χ2n) is 4.50. The molecule has 0 radical (unpaired) electrons. The van der Waals surface area contributed by atoms with Crippen molar-refractivity contribution in [1.82, 2.24) is 4.90 Å². The Bertz CT molecular complexity index is 409. The van der Waals surface area contributed by atoms with Gasteiger partial charge >= 0.3 is 6.18 Å². The van der Waals surface area contributed by atoms with Crippen LogP contribution in [0.1, 0.15) is 24.8 Å². The molecule has 0 atom stereocenters. The first-order valence-electron chi connectivity index (χ1n) is 6.37. The molecule has 0 aliphatic rings. The molecule has 1 amide bonds. The average molecular weight is 352 g/mol. The molecular weight excluding hydrogens is 335 g/mol. The lowest BCUT2D eigenvalue weighted by molar-refractivity contribution is -0.162. The number of unbranched alkanes of at least 4 members (excludes halogenated alkanes) is 1. The van der Waals surface area contributed by atoms with Gasteiger partial charge in [0.1, 0.15) is 6.54 Å². The van der Waals surface area contributed by atoms with E-state index in [0.29, 0.717) is 12.0 Å². The molecule has 0 fully saturated rings. The quantitative estimate of drug-likeness (QED) is 0.534. The standard InChI is InChI=1S/C14H17BrF3NO/c15-9-5-4-8-13(20)19(11-14(16,17)18)10-12-6-2-1-3-7-12/h1-3,6-7H,4-5,8-11H2. The van der Waals surface area contributed by atoms with E-state index < -0.39 is 18.6 Å². The summed E-state index contributed by atoms with van der Waals surface area (Å²) in [5.41, 5.74) is 0.700. The fourth-order valence-electron chi connectivity index (χ4n) is 1.78. The van der Waals surface area contributed by atoms with Gasteiger partial charge in [-0.25, -0.2) is 0 Å². The molecule has 6 heteroatoms. The molecule has 1 rings (SSSR count). The highest BCUT2D eigenvalue weighted by atomic mass is 79.9. The molecular formula is C14H17BrF3NO. The van der Waals surface area contributed by atoms with Crippen LogP contribution in [0.15, 0.2) is 30.3 Å². The summed E-state index contributed by atoms with van der Waals surface area (Å²) in [6.45, 7) is -1.21. The van der Waals surface area contributed by atoms with E-state index in [4.69, 9.17) is 0 Å². The molecule has 0 aliphatic carbocycles. The van der Waals surface area contributed by atoms with Crippen LogP contribution in [0.4, 0.5) is 13.2 Å². The van der Waals surface area contributed by atoms with Gasteiger partial charge in [0.2, 0.25) is 5.91 Å². The molecule has 0 bridgehead atoms. The molecule has 2 nitrogen and oxygen atoms in total. The highest BCUT2D eigenvalue weighted by Crippen LogP contribution is 2.19. The van der Waals surface area contributed by atoms with Crippen LogP contribution >= 0.6 is 15.9 Å². The van der Waals surface area contributed by atoms with Gasteiger partial charge in [-0.3, -0.25) is 4.79 Å². The lowest BCUT2D eigenvalue weighted by Crippen LogP contribution is -2.38. The monoisotopic (exact) mass is 351 g/mol. The fraction of sp³-hybridized carbons (Fsp3) is 0.500. The van der Waals surface area contributed by atoms with Crippen molar-refractivity contribution >= 4 is 21.8 Å². The third kappa shape index (κ3) is 6.93. The molecule has 0 saturated carbocycles. The molecule has 0 unspecified atom stereocenters. The topological polar surface area (TPSA) is 20.3 Å². The predicted molar refractivity (Wildman–Crippen MR) is 75.6 cm³/mol. The van der Waals surface area contributed by atoms with E-state index in [-0.39, 0.29) is 13.0 Å². The van der Waals surface area contributed by atoms with Crippen LogP contribution in [-0.2, 0) is 11.3 Å². The zero-order chi connectivity index (χ0) is 15.0. The van der Waals surface area contributed by atoms with Crippen molar-refractivity contribution in [2.24, 2.45) is 0 Å². The molecule has 1 aromatic rings. The maximum absolute atomic E-state index is 12.6. The van der Waals surface area contributed by atoms with Crippen molar-refractivity contribution < 1.29 is 18.0 Å². The zero-order valence-corrected chi connectivity index (χ0v) is 12.6. The average Bonchev–Trinajstić information content (AvgIpc) is 2.38. The van der Waals surface area contributed by atoms with Crippen LogP contribution in [0.3, 0.4) is 0 Å². The van der Waals surface area contributed by atoms with Gasteiger partial charge in [0.05, 0.1) is 0 Å². The third-order valence-electron chi connectivity index (χ3n) is 2.71. The Balaban J connectivity index is 2.67. The summed E-state index contributed by atoms with van der Waals surface area (Å²) in [4.78, 5) is 12.8. The van der Waals surface area contributed by atoms with Crippen molar-refractivity contribution in [2.45, 2.75) is 32.0 Å². The molecule has 1 aromatic carbocycles. The van der Waals surface area contributed by atoms with Crippen LogP contribution in [0, 0.1) is 0 Å². The summed E-state index contributed by atoms with van der Waals surface area (Å²) in [5.74, 6) is -0.452. The molecule has 0 aromatic heterocycles. The molecule has 20 heavy (non-hydrogen) atoms. The predicted octanol–water partition coefficient (Wildman–Crippen LogP) is 4.14. The number of benzene rings is 1. The van der Waals surface area contributed by atoms with E-state index in [0.717, 1.165) is 16.7 Å². The van der Waals surface area contributed by atoms with Gasteiger partial charge in [-0.15, -0.1) is 0 Å². The molecule has 112 valence electrons. The van der Waals surface area contributed by atoms with E-state index in [1.807, 2.05) is 0 Å². The van der Waals surface area contributed by atoms with Crippen LogP contribution < -0.4 is 0 Å². The molecule has 0 aliphatic heterocycles. The van der Waals surface area contributed by atoms with Gasteiger partial charge in [-0.05, 0) is 18.4 Å². The Hall–Kier alpha value is -1.04. The third-order valence-corrected chi connectivity index (χ3v) is 3.27. The highest BCUT2D eigenvalue weighted by Gasteiger charge is 2.32. The summed E-state index contributed by atoms with van der Waals surface area (Å²) in [5, 5.41) is 0.748. The number of hydrogen-bond acceptors (Lipinski definition) is 1. The maximum atomic E-state index is 12.6. The number of carbonyl (C=O) groups excluding carboxylic acids is 1. The summed E-state index contributed by atoms with van der Waals surface area (Å²) in [7, 11) is 0. The number of hydrogen-bond donors (Lipinski definition) is 0. The van der Waals surface area contributed by atoms with Crippen molar-refractivity contribution in [1.29, 1.82) is 0 Å². The van der Waals surface area contributed by atoms with Gasteiger partial charge in [-0.1, -0.05) is 46.3 Å². The number of halogens is 4. The normalized spacial score (nSPS) is 11.4. The van der Waals surface area contributed by atoms with E-state index >= 15 is 0 Å². The Morgan fingerprint density at radius 2 is 1.80 bits per heavy atom. The van der Waals surface area contributed by atoms with Gasteiger partial charge in [0, 0.05) is 18.3 Å². The Morgan fingerprint density at radius 1 is 1.15 bits per heavy atom. The van der Waals surface area contributed by atoms with Crippen LogP contribution in [-0.4, -0.2) is 28.9 Å². The minimum atomic E-state index is -4.38. The minimum absolute atomic E-state index is 0.00645. The first-order chi connectivity index (χ1) is 9.42. The number of amides is 1. The van der Waals surface area contributed by atoms with E-state index in [1.165, 1.54) is 0 Å². The highest BCUT2D eigenvalue weighted by molar-refractivity contribution is 9.09. The zero-order valence-electron chi connectivity index (χ0n) is 11.0. The van der Waals surface area contributed by atoms with Crippen molar-refractivity contribution in [3.05, 3.63) is 35.9 Å². The molecule has 0 saturated heterocycles. The number of nitrogens with zero attached hydrogens (tertiary/aromatic N) is 1.